The molecule has 0 saturated carbocycles. The van der Waals surface area contributed by atoms with Gasteiger partial charge in [-0.15, -0.1) is 10.2 Å². The normalized spacial score (nSPS) is 12.0. The van der Waals surface area contributed by atoms with Gasteiger partial charge in [0.25, 0.3) is 0 Å². The van der Waals surface area contributed by atoms with Gasteiger partial charge in [0.05, 0.1) is 5.25 Å². The van der Waals surface area contributed by atoms with E-state index in [4.69, 9.17) is 0 Å². The van der Waals surface area contributed by atoms with Crippen molar-refractivity contribution in [1.29, 1.82) is 0 Å². The number of carbonyl (C=O) groups excluding carboxylic acids is 1. The number of aromatic nitrogens is 4. The van der Waals surface area contributed by atoms with Crippen LogP contribution in [-0.2, 0) is 17.9 Å². The standard InChI is InChI=1S/C20H22FN5OS/c1-3-12-26-18(16-8-10-22-11-9-16)24-25-20(26)28-14(2)19(27)23-13-15-4-6-17(21)7-5-15/h4-11,14H,3,12-13H2,1-2H3,(H,23,27). The van der Waals surface area contributed by atoms with Crippen LogP contribution < -0.4 is 5.32 Å². The molecule has 8 heteroatoms. The van der Waals surface area contributed by atoms with Gasteiger partial charge in [-0.25, -0.2) is 4.39 Å². The van der Waals surface area contributed by atoms with E-state index in [0.717, 1.165) is 29.9 Å². The molecule has 0 fully saturated rings. The maximum absolute atomic E-state index is 13.0. The number of nitrogens with zero attached hydrogens (tertiary/aromatic N) is 4. The number of thioether (sulfide) groups is 1. The van der Waals surface area contributed by atoms with Crippen LogP contribution in [0.3, 0.4) is 0 Å². The Bertz CT molecular complexity index is 914. The molecule has 3 rings (SSSR count). The highest BCUT2D eigenvalue weighted by Crippen LogP contribution is 2.27. The summed E-state index contributed by atoms with van der Waals surface area (Å²) in [5.41, 5.74) is 1.79. The summed E-state index contributed by atoms with van der Waals surface area (Å²) in [6.07, 6.45) is 4.37. The van der Waals surface area contributed by atoms with Gasteiger partial charge >= 0.3 is 0 Å². The van der Waals surface area contributed by atoms with Crippen LogP contribution in [0, 0.1) is 5.82 Å². The minimum absolute atomic E-state index is 0.106. The lowest BCUT2D eigenvalue weighted by Gasteiger charge is -2.13. The summed E-state index contributed by atoms with van der Waals surface area (Å²) in [5, 5.41) is 11.9. The van der Waals surface area contributed by atoms with E-state index in [1.165, 1.54) is 23.9 Å². The highest BCUT2D eigenvalue weighted by Gasteiger charge is 2.20. The maximum Gasteiger partial charge on any atom is 0.233 e. The average Bonchev–Trinajstić information content (AvgIpc) is 3.10. The molecule has 146 valence electrons. The number of hydrogen-bond acceptors (Lipinski definition) is 5. The van der Waals surface area contributed by atoms with E-state index in [-0.39, 0.29) is 17.0 Å². The Morgan fingerprint density at radius 2 is 1.89 bits per heavy atom. The van der Waals surface area contributed by atoms with Crippen LogP contribution in [0.25, 0.3) is 11.4 Å². The van der Waals surface area contributed by atoms with Crippen LogP contribution in [0.1, 0.15) is 25.8 Å². The van der Waals surface area contributed by atoms with Gasteiger partial charge in [-0.05, 0) is 43.2 Å². The van der Waals surface area contributed by atoms with Crippen molar-refractivity contribution in [3.8, 4) is 11.4 Å². The van der Waals surface area contributed by atoms with E-state index in [1.807, 2.05) is 23.6 Å². The van der Waals surface area contributed by atoms with E-state index in [9.17, 15) is 9.18 Å². The van der Waals surface area contributed by atoms with E-state index < -0.39 is 0 Å². The molecular formula is C20H22FN5OS. The largest absolute Gasteiger partial charge is 0.351 e. The van der Waals surface area contributed by atoms with E-state index >= 15 is 0 Å². The summed E-state index contributed by atoms with van der Waals surface area (Å²) in [4.78, 5) is 16.5. The molecule has 1 N–H and O–H groups in total. The molecule has 2 aromatic heterocycles. The summed E-state index contributed by atoms with van der Waals surface area (Å²) < 4.78 is 15.0. The zero-order chi connectivity index (χ0) is 19.9. The van der Waals surface area contributed by atoms with Crippen LogP contribution in [0.5, 0.6) is 0 Å². The molecule has 2 heterocycles. The predicted molar refractivity (Wildman–Crippen MR) is 107 cm³/mol. The highest BCUT2D eigenvalue weighted by atomic mass is 32.2. The molecule has 1 aromatic carbocycles. The molecule has 0 saturated heterocycles. The molecule has 1 unspecified atom stereocenters. The third kappa shape index (κ3) is 4.95. The smallest absolute Gasteiger partial charge is 0.233 e. The number of nitrogens with one attached hydrogen (secondary N) is 1. The van der Waals surface area contributed by atoms with Gasteiger partial charge in [0.15, 0.2) is 11.0 Å². The first-order valence-electron chi connectivity index (χ1n) is 9.11. The third-order valence-electron chi connectivity index (χ3n) is 4.13. The minimum atomic E-state index is -0.342. The van der Waals surface area contributed by atoms with Crippen molar-refractivity contribution in [2.45, 2.75) is 43.8 Å². The van der Waals surface area contributed by atoms with E-state index in [2.05, 4.69) is 27.4 Å². The fourth-order valence-electron chi connectivity index (χ4n) is 2.66. The van der Waals surface area contributed by atoms with E-state index in [1.54, 1.807) is 24.5 Å². The van der Waals surface area contributed by atoms with Crippen LogP contribution in [-0.4, -0.2) is 30.9 Å². The fourth-order valence-corrected chi connectivity index (χ4v) is 3.56. The van der Waals surface area contributed by atoms with Gasteiger partial charge in [0.2, 0.25) is 5.91 Å². The number of benzene rings is 1. The van der Waals surface area contributed by atoms with Crippen molar-refractivity contribution in [2.24, 2.45) is 0 Å². The lowest BCUT2D eigenvalue weighted by molar-refractivity contribution is -0.120. The number of rotatable bonds is 8. The van der Waals surface area contributed by atoms with Gasteiger partial charge in [-0.2, -0.15) is 0 Å². The second-order valence-corrected chi connectivity index (χ2v) is 7.61. The second kappa shape index (κ2) is 9.45. The molecule has 6 nitrogen and oxygen atoms in total. The lowest BCUT2D eigenvalue weighted by Crippen LogP contribution is -2.30. The Labute approximate surface area is 167 Å². The Morgan fingerprint density at radius 3 is 2.57 bits per heavy atom. The van der Waals surface area contributed by atoms with Crippen molar-refractivity contribution in [3.63, 3.8) is 0 Å². The van der Waals surface area contributed by atoms with Crippen molar-refractivity contribution in [2.75, 3.05) is 0 Å². The summed E-state index contributed by atoms with van der Waals surface area (Å²) >= 11 is 1.37. The van der Waals surface area contributed by atoms with Crippen molar-refractivity contribution >= 4 is 17.7 Å². The first-order valence-corrected chi connectivity index (χ1v) is 9.99. The van der Waals surface area contributed by atoms with Gasteiger partial charge in [-0.3, -0.25) is 9.78 Å². The second-order valence-electron chi connectivity index (χ2n) is 6.30. The first-order chi connectivity index (χ1) is 13.6. The fraction of sp³-hybridized carbons (Fsp3) is 0.300. The topological polar surface area (TPSA) is 72.7 Å². The number of halogens is 1. The first kappa shape index (κ1) is 20.0. The van der Waals surface area contributed by atoms with Crippen molar-refractivity contribution < 1.29 is 9.18 Å². The summed E-state index contributed by atoms with van der Waals surface area (Å²) in [5.74, 6) is 0.371. The predicted octanol–water partition coefficient (Wildman–Crippen LogP) is 3.69. The minimum Gasteiger partial charge on any atom is -0.351 e. The number of pyridine rings is 1. The van der Waals surface area contributed by atoms with Gasteiger partial charge in [0, 0.05) is 31.0 Å². The molecule has 0 aliphatic carbocycles. The molecule has 3 aromatic rings. The molecule has 0 spiro atoms. The number of carbonyl (C=O) groups is 1. The Hall–Kier alpha value is -2.74. The molecular weight excluding hydrogens is 377 g/mol. The maximum atomic E-state index is 13.0. The number of hydrogen-bond donors (Lipinski definition) is 1. The molecule has 1 amide bonds. The van der Waals surface area contributed by atoms with Crippen LogP contribution >= 0.6 is 11.8 Å². The van der Waals surface area contributed by atoms with Crippen LogP contribution in [0.2, 0.25) is 0 Å². The zero-order valence-corrected chi connectivity index (χ0v) is 16.6. The Balaban J connectivity index is 1.67. The van der Waals surface area contributed by atoms with Crippen LogP contribution in [0.15, 0.2) is 53.9 Å². The third-order valence-corrected chi connectivity index (χ3v) is 5.21. The molecule has 0 radical (unpaired) electrons. The van der Waals surface area contributed by atoms with E-state index in [0.29, 0.717) is 11.7 Å². The quantitative estimate of drug-likeness (QED) is 0.585. The molecule has 1 atom stereocenters. The number of amides is 1. The Kier molecular flexibility index (Phi) is 6.76. The van der Waals surface area contributed by atoms with Gasteiger partial charge < -0.3 is 9.88 Å². The summed E-state index contributed by atoms with van der Waals surface area (Å²) in [6.45, 7) is 5.04. The molecule has 0 aliphatic heterocycles. The zero-order valence-electron chi connectivity index (χ0n) is 15.8. The Morgan fingerprint density at radius 1 is 1.18 bits per heavy atom. The summed E-state index contributed by atoms with van der Waals surface area (Å²) in [6, 6.07) is 9.87. The highest BCUT2D eigenvalue weighted by molar-refractivity contribution is 8.00. The summed E-state index contributed by atoms with van der Waals surface area (Å²) in [7, 11) is 0. The van der Waals surface area contributed by atoms with Gasteiger partial charge in [-0.1, -0.05) is 30.8 Å². The van der Waals surface area contributed by atoms with Crippen molar-refractivity contribution in [1.82, 2.24) is 25.1 Å². The molecule has 28 heavy (non-hydrogen) atoms. The SMILES string of the molecule is CCCn1c(SC(C)C(=O)NCc2ccc(F)cc2)nnc1-c1ccncc1. The lowest BCUT2D eigenvalue weighted by atomic mass is 10.2. The van der Waals surface area contributed by atoms with Crippen LogP contribution in [0.4, 0.5) is 4.39 Å². The van der Waals surface area contributed by atoms with Crippen molar-refractivity contribution in [3.05, 3.63) is 60.2 Å². The molecule has 0 bridgehead atoms. The molecule has 0 aliphatic rings. The average molecular weight is 399 g/mol. The van der Waals surface area contributed by atoms with Gasteiger partial charge in [0.1, 0.15) is 5.82 Å². The monoisotopic (exact) mass is 399 g/mol.